The smallest absolute Gasteiger partial charge is 0.261 e. The molecule has 0 saturated carbocycles. The molecular formula is C29H33FN2O3. The molecule has 3 rings (SSSR count). The minimum absolute atomic E-state index is 0.000331. The number of aryl methyl sites for hydroxylation is 1. The van der Waals surface area contributed by atoms with Crippen molar-refractivity contribution in [2.75, 3.05) is 6.61 Å². The first kappa shape index (κ1) is 25.9. The number of halogens is 1. The van der Waals surface area contributed by atoms with Gasteiger partial charge in [-0.15, -0.1) is 0 Å². The molecule has 2 amide bonds. The van der Waals surface area contributed by atoms with Crippen LogP contribution in [0.25, 0.3) is 0 Å². The van der Waals surface area contributed by atoms with Gasteiger partial charge in [0.15, 0.2) is 18.2 Å². The lowest BCUT2D eigenvalue weighted by Gasteiger charge is -2.32. The third-order valence-corrected chi connectivity index (χ3v) is 6.06. The van der Waals surface area contributed by atoms with Crippen LogP contribution < -0.4 is 10.1 Å². The Bertz CT molecular complexity index is 1120. The van der Waals surface area contributed by atoms with E-state index in [-0.39, 0.29) is 30.9 Å². The van der Waals surface area contributed by atoms with Crippen LogP contribution in [-0.4, -0.2) is 35.4 Å². The third kappa shape index (κ3) is 7.41. The number of hydrogen-bond acceptors (Lipinski definition) is 3. The van der Waals surface area contributed by atoms with Gasteiger partial charge in [0, 0.05) is 19.0 Å². The summed E-state index contributed by atoms with van der Waals surface area (Å²) in [6.07, 6.45) is 1.12. The normalized spacial score (nSPS) is 12.5. The number of rotatable bonds is 11. The summed E-state index contributed by atoms with van der Waals surface area (Å²) in [7, 11) is 0. The minimum atomic E-state index is -0.761. The minimum Gasteiger partial charge on any atom is -0.481 e. The Morgan fingerprint density at radius 3 is 2.31 bits per heavy atom. The van der Waals surface area contributed by atoms with E-state index in [4.69, 9.17) is 4.74 Å². The number of hydrogen-bond donors (Lipinski definition) is 1. The van der Waals surface area contributed by atoms with Crippen LogP contribution in [-0.2, 0) is 22.6 Å². The first-order valence-corrected chi connectivity index (χ1v) is 11.9. The molecule has 35 heavy (non-hydrogen) atoms. The molecule has 0 radical (unpaired) electrons. The summed E-state index contributed by atoms with van der Waals surface area (Å²) in [6.45, 7) is 5.76. The molecule has 0 aliphatic heterocycles. The summed E-state index contributed by atoms with van der Waals surface area (Å²) in [5.41, 5.74) is 2.89. The largest absolute Gasteiger partial charge is 0.481 e. The van der Waals surface area contributed by atoms with Crippen LogP contribution in [0.4, 0.5) is 4.39 Å². The van der Waals surface area contributed by atoms with Crippen LogP contribution in [0, 0.1) is 12.7 Å². The third-order valence-electron chi connectivity index (χ3n) is 6.06. The fourth-order valence-electron chi connectivity index (χ4n) is 3.75. The van der Waals surface area contributed by atoms with E-state index < -0.39 is 17.8 Å². The highest BCUT2D eigenvalue weighted by atomic mass is 19.1. The van der Waals surface area contributed by atoms with E-state index in [2.05, 4.69) is 5.32 Å². The van der Waals surface area contributed by atoms with Gasteiger partial charge in [0.2, 0.25) is 5.91 Å². The Morgan fingerprint density at radius 1 is 0.971 bits per heavy atom. The zero-order valence-corrected chi connectivity index (χ0v) is 20.5. The lowest BCUT2D eigenvalue weighted by Crippen LogP contribution is -2.53. The molecule has 0 saturated heterocycles. The molecule has 0 aromatic heterocycles. The van der Waals surface area contributed by atoms with E-state index in [0.29, 0.717) is 6.42 Å². The average Bonchev–Trinajstić information content (AvgIpc) is 2.87. The van der Waals surface area contributed by atoms with Crippen molar-refractivity contribution in [1.82, 2.24) is 10.2 Å². The van der Waals surface area contributed by atoms with E-state index in [1.165, 1.54) is 12.1 Å². The molecule has 5 nitrogen and oxygen atoms in total. The molecule has 0 heterocycles. The summed E-state index contributed by atoms with van der Waals surface area (Å²) >= 11 is 0. The highest BCUT2D eigenvalue weighted by molar-refractivity contribution is 5.88. The van der Waals surface area contributed by atoms with Gasteiger partial charge in [-0.25, -0.2) is 4.39 Å². The molecule has 0 spiro atoms. The Morgan fingerprint density at radius 2 is 1.63 bits per heavy atom. The summed E-state index contributed by atoms with van der Waals surface area (Å²) < 4.78 is 19.6. The van der Waals surface area contributed by atoms with E-state index >= 15 is 0 Å². The Hall–Kier alpha value is -3.67. The first-order valence-electron chi connectivity index (χ1n) is 11.9. The summed E-state index contributed by atoms with van der Waals surface area (Å²) in [6, 6.07) is 22.5. The highest BCUT2D eigenvalue weighted by Gasteiger charge is 2.31. The van der Waals surface area contributed by atoms with Gasteiger partial charge in [-0.2, -0.15) is 0 Å². The van der Waals surface area contributed by atoms with Crippen LogP contribution in [0.2, 0.25) is 0 Å². The lowest BCUT2D eigenvalue weighted by atomic mass is 10.0. The van der Waals surface area contributed by atoms with E-state index in [1.807, 2.05) is 75.4 Å². The lowest BCUT2D eigenvalue weighted by molar-refractivity contribution is -0.143. The quantitative estimate of drug-likeness (QED) is 0.421. The maximum atomic E-state index is 14.1. The van der Waals surface area contributed by atoms with Crippen molar-refractivity contribution in [3.05, 3.63) is 101 Å². The van der Waals surface area contributed by atoms with Gasteiger partial charge >= 0.3 is 0 Å². The van der Waals surface area contributed by atoms with Crippen molar-refractivity contribution in [1.29, 1.82) is 0 Å². The zero-order valence-electron chi connectivity index (χ0n) is 20.5. The molecule has 2 atom stereocenters. The topological polar surface area (TPSA) is 58.6 Å². The molecule has 6 heteroatoms. The number of carbonyl (C=O) groups excluding carboxylic acids is 2. The van der Waals surface area contributed by atoms with Crippen LogP contribution in [0.3, 0.4) is 0 Å². The van der Waals surface area contributed by atoms with Gasteiger partial charge in [-0.05, 0) is 49.1 Å². The van der Waals surface area contributed by atoms with Gasteiger partial charge in [0.05, 0.1) is 0 Å². The number of carbonyl (C=O) groups is 2. The monoisotopic (exact) mass is 476 g/mol. The van der Waals surface area contributed by atoms with E-state index in [1.54, 1.807) is 17.0 Å². The zero-order chi connectivity index (χ0) is 25.2. The van der Waals surface area contributed by atoms with Gasteiger partial charge < -0.3 is 15.0 Å². The number of ether oxygens (including phenoxy) is 1. The van der Waals surface area contributed by atoms with Crippen molar-refractivity contribution >= 4 is 11.8 Å². The second kappa shape index (κ2) is 12.7. The molecule has 0 fully saturated rings. The summed E-state index contributed by atoms with van der Waals surface area (Å²) in [5.74, 6) is -1.16. The standard InChI is InChI=1S/C29H33FN2O3/c1-4-22(3)31-29(34)26(18-23-13-6-5-7-14-23)32(19-24-15-9-8-12-21(24)2)28(33)20-35-27-17-11-10-16-25(27)30/h5-17,22,26H,4,18-20H2,1-3H3,(H,31,34)/t22-,26+/m1/s1. The average molecular weight is 477 g/mol. The summed E-state index contributed by atoms with van der Waals surface area (Å²) in [5, 5.41) is 3.03. The van der Waals surface area contributed by atoms with Crippen molar-refractivity contribution in [3.8, 4) is 5.75 Å². The molecule has 0 aliphatic rings. The molecule has 3 aromatic carbocycles. The highest BCUT2D eigenvalue weighted by Crippen LogP contribution is 2.19. The van der Waals surface area contributed by atoms with E-state index in [0.717, 1.165) is 23.1 Å². The van der Waals surface area contributed by atoms with Gasteiger partial charge in [-0.3, -0.25) is 9.59 Å². The predicted molar refractivity (Wildman–Crippen MR) is 135 cm³/mol. The number of amides is 2. The maximum Gasteiger partial charge on any atom is 0.261 e. The Balaban J connectivity index is 1.93. The molecule has 3 aromatic rings. The maximum absolute atomic E-state index is 14.1. The number of nitrogens with zero attached hydrogens (tertiary/aromatic N) is 1. The first-order chi connectivity index (χ1) is 16.9. The van der Waals surface area contributed by atoms with Crippen molar-refractivity contribution in [3.63, 3.8) is 0 Å². The van der Waals surface area contributed by atoms with Crippen LogP contribution in [0.5, 0.6) is 5.75 Å². The SMILES string of the molecule is CC[C@@H](C)NC(=O)[C@H](Cc1ccccc1)N(Cc1ccccc1C)C(=O)COc1ccccc1F. The Kier molecular flexibility index (Phi) is 9.41. The predicted octanol–water partition coefficient (Wildman–Crippen LogP) is 5.07. The van der Waals surface area contributed by atoms with Crippen molar-refractivity contribution in [2.24, 2.45) is 0 Å². The second-order valence-corrected chi connectivity index (χ2v) is 8.69. The molecule has 0 unspecified atom stereocenters. The van der Waals surface area contributed by atoms with Crippen molar-refractivity contribution in [2.45, 2.75) is 52.2 Å². The van der Waals surface area contributed by atoms with Gasteiger partial charge in [0.1, 0.15) is 6.04 Å². The number of benzene rings is 3. The number of nitrogens with one attached hydrogen (secondary N) is 1. The van der Waals surface area contributed by atoms with Gasteiger partial charge in [-0.1, -0.05) is 73.7 Å². The Labute approximate surface area is 206 Å². The molecule has 0 aliphatic carbocycles. The molecule has 1 N–H and O–H groups in total. The van der Waals surface area contributed by atoms with Crippen LogP contribution in [0.15, 0.2) is 78.9 Å². The molecule has 0 bridgehead atoms. The number of para-hydroxylation sites is 1. The fourth-order valence-corrected chi connectivity index (χ4v) is 3.75. The van der Waals surface area contributed by atoms with Crippen molar-refractivity contribution < 1.29 is 18.7 Å². The van der Waals surface area contributed by atoms with Crippen LogP contribution >= 0.6 is 0 Å². The van der Waals surface area contributed by atoms with Crippen LogP contribution in [0.1, 0.15) is 37.0 Å². The molecule has 184 valence electrons. The summed E-state index contributed by atoms with van der Waals surface area (Å²) in [4.78, 5) is 28.5. The fraction of sp³-hybridized carbons (Fsp3) is 0.310. The molecular weight excluding hydrogens is 443 g/mol. The second-order valence-electron chi connectivity index (χ2n) is 8.69. The van der Waals surface area contributed by atoms with E-state index in [9.17, 15) is 14.0 Å². The van der Waals surface area contributed by atoms with Gasteiger partial charge in [0.25, 0.3) is 5.91 Å².